The van der Waals surface area contributed by atoms with Crippen molar-refractivity contribution in [3.05, 3.63) is 63.9 Å². The van der Waals surface area contributed by atoms with Crippen molar-refractivity contribution < 1.29 is 13.9 Å². The molecular weight excluding hydrogens is 267 g/mol. The molecule has 0 aliphatic carbocycles. The zero-order valence-electron chi connectivity index (χ0n) is 10.5. The van der Waals surface area contributed by atoms with Gasteiger partial charge in [0.1, 0.15) is 11.6 Å². The number of rotatable bonds is 3. The van der Waals surface area contributed by atoms with Gasteiger partial charge in [-0.25, -0.2) is 4.39 Å². The van der Waals surface area contributed by atoms with Crippen LogP contribution in [0.4, 0.5) is 4.39 Å². The Labute approximate surface area is 115 Å². The van der Waals surface area contributed by atoms with Crippen molar-refractivity contribution >= 4 is 17.4 Å². The third kappa shape index (κ3) is 2.76. The third-order valence-electron chi connectivity index (χ3n) is 2.82. The second kappa shape index (κ2) is 5.41. The SMILES string of the molecule is COc1cccc(C(=O)c2cc(C)c(F)cc2Cl)c1. The number of ketones is 1. The highest BCUT2D eigenvalue weighted by atomic mass is 35.5. The molecule has 4 heteroatoms. The summed E-state index contributed by atoms with van der Waals surface area (Å²) in [7, 11) is 1.53. The van der Waals surface area contributed by atoms with Gasteiger partial charge in [0.2, 0.25) is 0 Å². The van der Waals surface area contributed by atoms with Crippen LogP contribution in [0.3, 0.4) is 0 Å². The fraction of sp³-hybridized carbons (Fsp3) is 0.133. The maximum absolute atomic E-state index is 13.3. The molecule has 0 saturated heterocycles. The lowest BCUT2D eigenvalue weighted by Crippen LogP contribution is -2.04. The summed E-state index contributed by atoms with van der Waals surface area (Å²) in [5, 5.41) is 0.107. The molecule has 0 aliphatic heterocycles. The van der Waals surface area contributed by atoms with E-state index in [-0.39, 0.29) is 16.4 Å². The highest BCUT2D eigenvalue weighted by Crippen LogP contribution is 2.24. The maximum atomic E-state index is 13.3. The van der Waals surface area contributed by atoms with E-state index in [2.05, 4.69) is 0 Å². The van der Waals surface area contributed by atoms with Crippen molar-refractivity contribution in [3.63, 3.8) is 0 Å². The number of hydrogen-bond donors (Lipinski definition) is 0. The molecule has 2 aromatic rings. The van der Waals surface area contributed by atoms with Gasteiger partial charge >= 0.3 is 0 Å². The summed E-state index contributed by atoms with van der Waals surface area (Å²) in [6.07, 6.45) is 0. The molecule has 0 spiro atoms. The van der Waals surface area contributed by atoms with E-state index >= 15 is 0 Å². The van der Waals surface area contributed by atoms with Crippen LogP contribution in [-0.4, -0.2) is 12.9 Å². The van der Waals surface area contributed by atoms with Gasteiger partial charge in [0.25, 0.3) is 0 Å². The molecule has 98 valence electrons. The van der Waals surface area contributed by atoms with Crippen LogP contribution >= 0.6 is 11.6 Å². The van der Waals surface area contributed by atoms with E-state index in [4.69, 9.17) is 16.3 Å². The molecule has 0 fully saturated rings. The number of carbonyl (C=O) groups is 1. The van der Waals surface area contributed by atoms with Gasteiger partial charge < -0.3 is 4.74 Å². The molecule has 19 heavy (non-hydrogen) atoms. The Hall–Kier alpha value is -1.87. The molecule has 0 aromatic heterocycles. The largest absolute Gasteiger partial charge is 0.497 e. The van der Waals surface area contributed by atoms with Crippen molar-refractivity contribution in [1.82, 2.24) is 0 Å². The summed E-state index contributed by atoms with van der Waals surface area (Å²) in [5.41, 5.74) is 1.12. The summed E-state index contributed by atoms with van der Waals surface area (Å²) in [6.45, 7) is 1.59. The minimum absolute atomic E-state index is 0.107. The first kappa shape index (κ1) is 13.6. The van der Waals surface area contributed by atoms with Crippen molar-refractivity contribution in [3.8, 4) is 5.75 Å². The summed E-state index contributed by atoms with van der Waals surface area (Å²) >= 11 is 5.93. The number of methoxy groups -OCH3 is 1. The summed E-state index contributed by atoms with van der Waals surface area (Å²) in [5.74, 6) is -0.0972. The fourth-order valence-electron chi connectivity index (χ4n) is 1.75. The molecule has 0 unspecified atom stereocenters. The highest BCUT2D eigenvalue weighted by molar-refractivity contribution is 6.35. The quantitative estimate of drug-likeness (QED) is 0.793. The second-order valence-electron chi connectivity index (χ2n) is 4.14. The van der Waals surface area contributed by atoms with E-state index < -0.39 is 5.82 Å². The van der Waals surface area contributed by atoms with Crippen LogP contribution in [0.5, 0.6) is 5.75 Å². The lowest BCUT2D eigenvalue weighted by Gasteiger charge is -2.07. The van der Waals surface area contributed by atoms with E-state index in [1.165, 1.54) is 13.2 Å². The van der Waals surface area contributed by atoms with E-state index in [1.807, 2.05) is 0 Å². The van der Waals surface area contributed by atoms with Crippen LogP contribution in [0.2, 0.25) is 5.02 Å². The zero-order valence-corrected chi connectivity index (χ0v) is 11.3. The Balaban J connectivity index is 2.46. The Kier molecular flexibility index (Phi) is 3.86. The molecule has 0 aliphatic rings. The van der Waals surface area contributed by atoms with Gasteiger partial charge in [-0.1, -0.05) is 23.7 Å². The predicted molar refractivity (Wildman–Crippen MR) is 72.6 cm³/mol. The van der Waals surface area contributed by atoms with Crippen molar-refractivity contribution in [2.24, 2.45) is 0 Å². The Morgan fingerprint density at radius 2 is 2.00 bits per heavy atom. The average molecular weight is 279 g/mol. The van der Waals surface area contributed by atoms with Gasteiger partial charge in [0.15, 0.2) is 5.78 Å². The lowest BCUT2D eigenvalue weighted by molar-refractivity contribution is 0.103. The van der Waals surface area contributed by atoms with Gasteiger partial charge in [0.05, 0.1) is 12.1 Å². The van der Waals surface area contributed by atoms with Crippen LogP contribution in [0.25, 0.3) is 0 Å². The monoisotopic (exact) mass is 278 g/mol. The maximum Gasteiger partial charge on any atom is 0.194 e. The molecule has 0 amide bonds. The molecule has 0 radical (unpaired) electrons. The zero-order chi connectivity index (χ0) is 14.0. The van der Waals surface area contributed by atoms with Gasteiger partial charge in [-0.2, -0.15) is 0 Å². The van der Waals surface area contributed by atoms with E-state index in [0.717, 1.165) is 6.07 Å². The number of aryl methyl sites for hydroxylation is 1. The summed E-state index contributed by atoms with van der Waals surface area (Å²) in [6, 6.07) is 9.37. The molecular formula is C15H12ClFO2. The van der Waals surface area contributed by atoms with Crippen LogP contribution in [0.15, 0.2) is 36.4 Å². The van der Waals surface area contributed by atoms with Crippen molar-refractivity contribution in [2.75, 3.05) is 7.11 Å². The van der Waals surface area contributed by atoms with Crippen LogP contribution in [0, 0.1) is 12.7 Å². The molecule has 0 heterocycles. The van der Waals surface area contributed by atoms with E-state index in [9.17, 15) is 9.18 Å². The molecule has 0 atom stereocenters. The Bertz CT molecular complexity index is 638. The van der Waals surface area contributed by atoms with Gasteiger partial charge in [0, 0.05) is 11.1 Å². The van der Waals surface area contributed by atoms with E-state index in [1.54, 1.807) is 31.2 Å². The molecule has 2 nitrogen and oxygen atoms in total. The number of benzene rings is 2. The number of halogens is 2. The van der Waals surface area contributed by atoms with Crippen LogP contribution in [-0.2, 0) is 0 Å². The summed E-state index contributed by atoms with van der Waals surface area (Å²) in [4.78, 5) is 12.3. The molecule has 0 N–H and O–H groups in total. The third-order valence-corrected chi connectivity index (χ3v) is 3.14. The minimum atomic E-state index is -0.424. The molecule has 0 saturated carbocycles. The smallest absolute Gasteiger partial charge is 0.194 e. The van der Waals surface area contributed by atoms with Gasteiger partial charge in [-0.15, -0.1) is 0 Å². The summed E-state index contributed by atoms with van der Waals surface area (Å²) < 4.78 is 18.4. The standard InChI is InChI=1S/C15H12ClFO2/c1-9-6-12(13(16)8-14(9)17)15(18)10-4-3-5-11(7-10)19-2/h3-8H,1-2H3. The van der Waals surface area contributed by atoms with Crippen molar-refractivity contribution in [2.45, 2.75) is 6.92 Å². The number of carbonyl (C=O) groups excluding carboxylic acids is 1. The van der Waals surface area contributed by atoms with Gasteiger partial charge in [-0.3, -0.25) is 4.79 Å². The Morgan fingerprint density at radius 1 is 1.26 bits per heavy atom. The average Bonchev–Trinajstić information content (AvgIpc) is 2.42. The first-order valence-electron chi connectivity index (χ1n) is 5.67. The number of hydrogen-bond acceptors (Lipinski definition) is 2. The number of ether oxygens (including phenoxy) is 1. The van der Waals surface area contributed by atoms with Crippen LogP contribution < -0.4 is 4.74 Å². The highest BCUT2D eigenvalue weighted by Gasteiger charge is 2.15. The Morgan fingerprint density at radius 3 is 2.68 bits per heavy atom. The molecule has 0 bridgehead atoms. The predicted octanol–water partition coefficient (Wildman–Crippen LogP) is 4.03. The topological polar surface area (TPSA) is 26.3 Å². The first-order chi connectivity index (χ1) is 9.02. The van der Waals surface area contributed by atoms with Crippen molar-refractivity contribution in [1.29, 1.82) is 0 Å². The lowest BCUT2D eigenvalue weighted by atomic mass is 10.0. The molecule has 2 rings (SSSR count). The fourth-order valence-corrected chi connectivity index (χ4v) is 1.99. The normalized spacial score (nSPS) is 10.3. The second-order valence-corrected chi connectivity index (χ2v) is 4.55. The minimum Gasteiger partial charge on any atom is -0.497 e. The van der Waals surface area contributed by atoms with E-state index in [0.29, 0.717) is 16.9 Å². The van der Waals surface area contributed by atoms with Crippen LogP contribution in [0.1, 0.15) is 21.5 Å². The van der Waals surface area contributed by atoms with Gasteiger partial charge in [-0.05, 0) is 36.8 Å². The first-order valence-corrected chi connectivity index (χ1v) is 6.05. The molecule has 2 aromatic carbocycles.